The number of nitrogens with zero attached hydrogens (tertiary/aromatic N) is 1. The van der Waals surface area contributed by atoms with Gasteiger partial charge in [0.05, 0.1) is 17.6 Å². The monoisotopic (exact) mass is 256 g/mol. The standard InChI is InChI=1S/C10H9ClN2O2S/c11-16(14,15)7-9-6-12-13-10(9)8-4-2-1-3-5-8/h1-6H,7H2,(H,12,13). The Balaban J connectivity index is 2.41. The number of aromatic amines is 1. The minimum Gasteiger partial charge on any atom is -0.278 e. The van der Waals surface area contributed by atoms with E-state index in [4.69, 9.17) is 10.7 Å². The average molecular weight is 257 g/mol. The van der Waals surface area contributed by atoms with Crippen molar-refractivity contribution in [3.05, 3.63) is 42.1 Å². The zero-order valence-electron chi connectivity index (χ0n) is 8.22. The Morgan fingerprint density at radius 1 is 1.25 bits per heavy atom. The maximum Gasteiger partial charge on any atom is 0.236 e. The molecule has 0 unspecified atom stereocenters. The van der Waals surface area contributed by atoms with Gasteiger partial charge in [0.15, 0.2) is 0 Å². The molecule has 0 aliphatic rings. The summed E-state index contributed by atoms with van der Waals surface area (Å²) in [6, 6.07) is 9.37. The quantitative estimate of drug-likeness (QED) is 0.856. The maximum atomic E-state index is 11.0. The largest absolute Gasteiger partial charge is 0.278 e. The van der Waals surface area contributed by atoms with Gasteiger partial charge in [-0.1, -0.05) is 30.3 Å². The van der Waals surface area contributed by atoms with E-state index in [1.807, 2.05) is 30.3 Å². The summed E-state index contributed by atoms with van der Waals surface area (Å²) in [6.07, 6.45) is 1.47. The normalized spacial score (nSPS) is 11.6. The first-order chi connectivity index (χ1) is 7.56. The van der Waals surface area contributed by atoms with Crippen LogP contribution in [0, 0.1) is 0 Å². The topological polar surface area (TPSA) is 62.8 Å². The molecule has 6 heteroatoms. The molecule has 4 nitrogen and oxygen atoms in total. The molecular formula is C10H9ClN2O2S. The molecule has 2 aromatic rings. The first-order valence-electron chi connectivity index (χ1n) is 4.56. The van der Waals surface area contributed by atoms with Crippen molar-refractivity contribution in [2.75, 3.05) is 0 Å². The Morgan fingerprint density at radius 2 is 1.94 bits per heavy atom. The third kappa shape index (κ3) is 2.62. The van der Waals surface area contributed by atoms with Crippen LogP contribution in [0.4, 0.5) is 0 Å². The van der Waals surface area contributed by atoms with E-state index in [1.165, 1.54) is 6.20 Å². The lowest BCUT2D eigenvalue weighted by Crippen LogP contribution is -1.95. The number of hydrogen-bond donors (Lipinski definition) is 1. The van der Waals surface area contributed by atoms with Crippen molar-refractivity contribution in [2.45, 2.75) is 5.75 Å². The molecule has 0 spiro atoms. The minimum atomic E-state index is -3.57. The van der Waals surface area contributed by atoms with Gasteiger partial charge >= 0.3 is 0 Å². The van der Waals surface area contributed by atoms with E-state index < -0.39 is 9.05 Å². The number of benzene rings is 1. The molecule has 0 aliphatic heterocycles. The summed E-state index contributed by atoms with van der Waals surface area (Å²) < 4.78 is 22.0. The van der Waals surface area contributed by atoms with E-state index >= 15 is 0 Å². The van der Waals surface area contributed by atoms with E-state index in [0.717, 1.165) is 5.56 Å². The summed E-state index contributed by atoms with van der Waals surface area (Å²) >= 11 is 0. The molecule has 0 fully saturated rings. The number of H-pyrrole nitrogens is 1. The molecular weight excluding hydrogens is 248 g/mol. The van der Waals surface area contributed by atoms with Gasteiger partial charge in [-0.15, -0.1) is 0 Å². The van der Waals surface area contributed by atoms with Crippen LogP contribution in [0.2, 0.25) is 0 Å². The molecule has 0 amide bonds. The smallest absolute Gasteiger partial charge is 0.236 e. The van der Waals surface area contributed by atoms with E-state index in [0.29, 0.717) is 11.3 Å². The number of nitrogens with one attached hydrogen (secondary N) is 1. The third-order valence-electron chi connectivity index (χ3n) is 2.11. The van der Waals surface area contributed by atoms with Crippen LogP contribution in [-0.2, 0) is 14.8 Å². The molecule has 2 rings (SSSR count). The molecule has 0 bridgehead atoms. The Morgan fingerprint density at radius 3 is 2.56 bits per heavy atom. The van der Waals surface area contributed by atoms with Gasteiger partial charge < -0.3 is 0 Å². The maximum absolute atomic E-state index is 11.0. The fourth-order valence-electron chi connectivity index (χ4n) is 1.46. The lowest BCUT2D eigenvalue weighted by Gasteiger charge is -2.00. The van der Waals surface area contributed by atoms with E-state index in [-0.39, 0.29) is 5.75 Å². The number of rotatable bonds is 3. The summed E-state index contributed by atoms with van der Waals surface area (Å²) in [5.74, 6) is -0.227. The molecule has 84 valence electrons. The van der Waals surface area contributed by atoms with E-state index in [1.54, 1.807) is 0 Å². The molecule has 0 atom stereocenters. The van der Waals surface area contributed by atoms with Gasteiger partial charge in [0.2, 0.25) is 9.05 Å². The van der Waals surface area contributed by atoms with Crippen LogP contribution in [0.15, 0.2) is 36.5 Å². The molecule has 0 radical (unpaired) electrons. The summed E-state index contributed by atoms with van der Waals surface area (Å²) in [5.41, 5.74) is 2.14. The van der Waals surface area contributed by atoms with Crippen molar-refractivity contribution >= 4 is 19.7 Å². The highest BCUT2D eigenvalue weighted by atomic mass is 35.7. The molecule has 0 aliphatic carbocycles. The van der Waals surface area contributed by atoms with Gasteiger partial charge in [0, 0.05) is 16.2 Å². The van der Waals surface area contributed by atoms with Crippen LogP contribution < -0.4 is 0 Å². The fourth-order valence-corrected chi connectivity index (χ4v) is 2.40. The molecule has 0 saturated heterocycles. The van der Waals surface area contributed by atoms with Crippen LogP contribution in [0.25, 0.3) is 11.3 Å². The summed E-state index contributed by atoms with van der Waals surface area (Å²) in [5, 5.41) is 6.61. The van der Waals surface area contributed by atoms with Crippen molar-refractivity contribution in [1.82, 2.24) is 10.2 Å². The first-order valence-corrected chi connectivity index (χ1v) is 7.04. The Kier molecular flexibility index (Phi) is 2.98. The molecule has 1 aromatic carbocycles. The summed E-state index contributed by atoms with van der Waals surface area (Å²) in [6.45, 7) is 0. The second kappa shape index (κ2) is 4.27. The van der Waals surface area contributed by atoms with Crippen molar-refractivity contribution < 1.29 is 8.42 Å². The highest BCUT2D eigenvalue weighted by molar-refractivity contribution is 8.13. The second-order valence-corrected chi connectivity index (χ2v) is 6.10. The number of halogens is 1. The van der Waals surface area contributed by atoms with Gasteiger partial charge in [0.25, 0.3) is 0 Å². The van der Waals surface area contributed by atoms with Crippen LogP contribution >= 0.6 is 10.7 Å². The van der Waals surface area contributed by atoms with E-state index in [2.05, 4.69) is 10.2 Å². The Labute approximate surface area is 97.7 Å². The fraction of sp³-hybridized carbons (Fsp3) is 0.100. The molecule has 0 saturated carbocycles. The zero-order chi connectivity index (χ0) is 11.6. The SMILES string of the molecule is O=S(=O)(Cl)Cc1cn[nH]c1-c1ccccc1. The lowest BCUT2D eigenvalue weighted by atomic mass is 10.1. The lowest BCUT2D eigenvalue weighted by molar-refractivity contribution is 0.609. The molecule has 1 N–H and O–H groups in total. The Hall–Kier alpha value is -1.33. The predicted molar refractivity (Wildman–Crippen MR) is 62.5 cm³/mol. The highest BCUT2D eigenvalue weighted by Gasteiger charge is 2.13. The Bertz CT molecular complexity index is 578. The summed E-state index contributed by atoms with van der Waals surface area (Å²) in [4.78, 5) is 0. The number of hydrogen-bond acceptors (Lipinski definition) is 3. The van der Waals surface area contributed by atoms with Crippen molar-refractivity contribution in [3.63, 3.8) is 0 Å². The van der Waals surface area contributed by atoms with Crippen LogP contribution in [0.3, 0.4) is 0 Å². The first kappa shape index (κ1) is 11.2. The highest BCUT2D eigenvalue weighted by Crippen LogP contribution is 2.23. The average Bonchev–Trinajstić information content (AvgIpc) is 2.64. The van der Waals surface area contributed by atoms with Crippen LogP contribution in [0.1, 0.15) is 5.56 Å². The second-order valence-electron chi connectivity index (χ2n) is 3.32. The van der Waals surface area contributed by atoms with E-state index in [9.17, 15) is 8.42 Å². The third-order valence-corrected chi connectivity index (χ3v) is 3.09. The summed E-state index contributed by atoms with van der Waals surface area (Å²) in [7, 11) is 1.65. The predicted octanol–water partition coefficient (Wildman–Crippen LogP) is 2.15. The van der Waals surface area contributed by atoms with Crippen molar-refractivity contribution in [2.24, 2.45) is 0 Å². The van der Waals surface area contributed by atoms with Gasteiger partial charge in [-0.2, -0.15) is 5.10 Å². The van der Waals surface area contributed by atoms with Gasteiger partial charge in [-0.05, 0) is 5.56 Å². The molecule has 16 heavy (non-hydrogen) atoms. The van der Waals surface area contributed by atoms with Gasteiger partial charge in [-0.25, -0.2) is 8.42 Å². The number of aromatic nitrogens is 2. The van der Waals surface area contributed by atoms with Crippen molar-refractivity contribution in [3.8, 4) is 11.3 Å². The van der Waals surface area contributed by atoms with Crippen molar-refractivity contribution in [1.29, 1.82) is 0 Å². The van der Waals surface area contributed by atoms with Gasteiger partial charge in [0.1, 0.15) is 0 Å². The molecule has 1 heterocycles. The molecule has 1 aromatic heterocycles. The minimum absolute atomic E-state index is 0.227. The van der Waals surface area contributed by atoms with Crippen LogP contribution in [0.5, 0.6) is 0 Å². The van der Waals surface area contributed by atoms with Gasteiger partial charge in [-0.3, -0.25) is 5.10 Å². The zero-order valence-corrected chi connectivity index (χ0v) is 9.79. The van der Waals surface area contributed by atoms with Crippen LogP contribution in [-0.4, -0.2) is 18.6 Å².